The summed E-state index contributed by atoms with van der Waals surface area (Å²) in [7, 11) is 0. The molecule has 0 radical (unpaired) electrons. The van der Waals surface area contributed by atoms with Crippen molar-refractivity contribution in [2.75, 3.05) is 6.61 Å². The van der Waals surface area contributed by atoms with Crippen LogP contribution in [0.3, 0.4) is 0 Å². The van der Waals surface area contributed by atoms with Crippen LogP contribution in [0, 0.1) is 12.8 Å². The van der Waals surface area contributed by atoms with Crippen LogP contribution in [0.15, 0.2) is 33.5 Å². The molecular weight excluding hydrogens is 334 g/mol. The fraction of sp³-hybridized carbons (Fsp3) is 0.450. The Labute approximate surface area is 151 Å². The molecule has 26 heavy (non-hydrogen) atoms. The molecule has 0 aliphatic heterocycles. The van der Waals surface area contributed by atoms with Gasteiger partial charge in [-0.25, -0.2) is 4.79 Å². The number of esters is 1. The normalized spacial score (nSPS) is 19.9. The zero-order valence-electron chi connectivity index (χ0n) is 15.0. The lowest BCUT2D eigenvalue weighted by Crippen LogP contribution is -2.39. The average Bonchev–Trinajstić information content (AvgIpc) is 2.62. The van der Waals surface area contributed by atoms with E-state index in [2.05, 4.69) is 12.2 Å². The van der Waals surface area contributed by atoms with Gasteiger partial charge in [0.2, 0.25) is 5.76 Å². The summed E-state index contributed by atoms with van der Waals surface area (Å²) in [5, 5.41) is 3.29. The third-order valence-corrected chi connectivity index (χ3v) is 4.80. The Kier molecular flexibility index (Phi) is 5.40. The average molecular weight is 357 g/mol. The molecule has 1 heterocycles. The third-order valence-electron chi connectivity index (χ3n) is 4.80. The van der Waals surface area contributed by atoms with Crippen LogP contribution in [0.25, 0.3) is 11.0 Å². The van der Waals surface area contributed by atoms with Crippen molar-refractivity contribution in [1.29, 1.82) is 0 Å². The largest absolute Gasteiger partial charge is 0.450 e. The molecule has 3 rings (SSSR count). The van der Waals surface area contributed by atoms with Gasteiger partial charge in [0.25, 0.3) is 5.91 Å². The van der Waals surface area contributed by atoms with E-state index in [-0.39, 0.29) is 29.7 Å². The van der Waals surface area contributed by atoms with Crippen molar-refractivity contribution in [3.63, 3.8) is 0 Å². The number of carbonyl (C=O) groups is 2. The van der Waals surface area contributed by atoms with Gasteiger partial charge in [-0.05, 0) is 50.7 Å². The van der Waals surface area contributed by atoms with Crippen molar-refractivity contribution < 1.29 is 18.7 Å². The van der Waals surface area contributed by atoms with E-state index >= 15 is 0 Å². The predicted octanol–water partition coefficient (Wildman–Crippen LogP) is 2.95. The Hall–Kier alpha value is -2.63. The first-order valence-corrected chi connectivity index (χ1v) is 8.93. The second-order valence-electron chi connectivity index (χ2n) is 7.07. The van der Waals surface area contributed by atoms with Gasteiger partial charge < -0.3 is 14.5 Å². The smallest absolute Gasteiger partial charge is 0.374 e. The molecule has 1 N–H and O–H groups in total. The summed E-state index contributed by atoms with van der Waals surface area (Å²) in [4.78, 5) is 36.2. The first-order chi connectivity index (χ1) is 12.4. The number of nitrogens with one attached hydrogen (secondary N) is 1. The van der Waals surface area contributed by atoms with Gasteiger partial charge in [-0.15, -0.1) is 0 Å². The highest BCUT2D eigenvalue weighted by molar-refractivity contribution is 5.90. The van der Waals surface area contributed by atoms with Gasteiger partial charge in [0.1, 0.15) is 5.58 Å². The predicted molar refractivity (Wildman–Crippen MR) is 97.1 cm³/mol. The van der Waals surface area contributed by atoms with Gasteiger partial charge in [0.15, 0.2) is 12.0 Å². The van der Waals surface area contributed by atoms with Crippen molar-refractivity contribution in [2.24, 2.45) is 5.92 Å². The Morgan fingerprint density at radius 3 is 2.65 bits per heavy atom. The van der Waals surface area contributed by atoms with Gasteiger partial charge in [-0.2, -0.15) is 0 Å². The maximum atomic E-state index is 12.1. The van der Waals surface area contributed by atoms with Crippen LogP contribution in [0.1, 0.15) is 48.7 Å². The third kappa shape index (κ3) is 4.31. The van der Waals surface area contributed by atoms with E-state index in [4.69, 9.17) is 9.15 Å². The molecule has 1 fully saturated rings. The maximum Gasteiger partial charge on any atom is 0.374 e. The lowest BCUT2D eigenvalue weighted by molar-refractivity contribution is -0.125. The lowest BCUT2D eigenvalue weighted by Gasteiger charge is -2.26. The van der Waals surface area contributed by atoms with Crippen molar-refractivity contribution in [2.45, 2.75) is 45.6 Å². The Morgan fingerprint density at radius 1 is 1.19 bits per heavy atom. The molecule has 138 valence electrons. The van der Waals surface area contributed by atoms with Crippen molar-refractivity contribution in [3.05, 3.63) is 45.8 Å². The second-order valence-corrected chi connectivity index (χ2v) is 7.07. The van der Waals surface area contributed by atoms with Gasteiger partial charge in [0.05, 0.1) is 5.39 Å². The molecule has 1 aliphatic carbocycles. The topological polar surface area (TPSA) is 85.6 Å². The molecule has 0 bridgehead atoms. The number of fused-ring (bicyclic) bond motifs is 1. The van der Waals surface area contributed by atoms with E-state index in [0.29, 0.717) is 16.9 Å². The highest BCUT2D eigenvalue weighted by atomic mass is 16.5. The van der Waals surface area contributed by atoms with E-state index < -0.39 is 5.97 Å². The van der Waals surface area contributed by atoms with Crippen molar-refractivity contribution >= 4 is 22.8 Å². The van der Waals surface area contributed by atoms with Crippen LogP contribution in [-0.2, 0) is 9.53 Å². The summed E-state index contributed by atoms with van der Waals surface area (Å²) in [6.07, 6.45) is 4.07. The molecule has 1 saturated carbocycles. The van der Waals surface area contributed by atoms with E-state index in [1.54, 1.807) is 18.2 Å². The number of hydrogen-bond acceptors (Lipinski definition) is 5. The monoisotopic (exact) mass is 357 g/mol. The minimum Gasteiger partial charge on any atom is -0.450 e. The standard InChI is InChI=1S/C20H23NO5/c1-12-3-6-14(7-4-12)21-19(23)11-25-20(24)18-10-16(22)15-9-13(2)5-8-17(15)26-18/h5,8-10,12,14H,3-4,6-7,11H2,1-2H3,(H,21,23). The van der Waals surface area contributed by atoms with Crippen LogP contribution in [-0.4, -0.2) is 24.5 Å². The summed E-state index contributed by atoms with van der Waals surface area (Å²) in [5.41, 5.74) is 0.924. The first-order valence-electron chi connectivity index (χ1n) is 8.93. The van der Waals surface area contributed by atoms with Crippen molar-refractivity contribution in [1.82, 2.24) is 5.32 Å². The summed E-state index contributed by atoms with van der Waals surface area (Å²) < 4.78 is 10.4. The van der Waals surface area contributed by atoms with Gasteiger partial charge in [-0.1, -0.05) is 18.6 Å². The number of carbonyl (C=O) groups excluding carboxylic acids is 2. The first kappa shape index (κ1) is 18.2. The minimum atomic E-state index is -0.822. The molecule has 2 aromatic rings. The Balaban J connectivity index is 1.59. The number of benzene rings is 1. The second kappa shape index (κ2) is 7.72. The summed E-state index contributed by atoms with van der Waals surface area (Å²) in [6.45, 7) is 3.69. The molecule has 1 amide bonds. The number of aryl methyl sites for hydroxylation is 1. The van der Waals surface area contributed by atoms with Crippen LogP contribution in [0.2, 0.25) is 0 Å². The van der Waals surface area contributed by atoms with Gasteiger partial charge in [-0.3, -0.25) is 9.59 Å². The van der Waals surface area contributed by atoms with Crippen LogP contribution in [0.4, 0.5) is 0 Å². The van der Waals surface area contributed by atoms with Crippen LogP contribution < -0.4 is 10.7 Å². The van der Waals surface area contributed by atoms with Gasteiger partial charge in [0, 0.05) is 12.1 Å². The van der Waals surface area contributed by atoms with E-state index in [9.17, 15) is 14.4 Å². The molecule has 0 spiro atoms. The van der Waals surface area contributed by atoms with E-state index in [1.807, 2.05) is 6.92 Å². The zero-order valence-corrected chi connectivity index (χ0v) is 15.0. The molecule has 0 saturated heterocycles. The van der Waals surface area contributed by atoms with E-state index in [1.165, 1.54) is 0 Å². The van der Waals surface area contributed by atoms with Gasteiger partial charge >= 0.3 is 5.97 Å². The Bertz CT molecular complexity index is 877. The van der Waals surface area contributed by atoms with Crippen LogP contribution in [0.5, 0.6) is 0 Å². The molecule has 1 aromatic carbocycles. The fourth-order valence-electron chi connectivity index (χ4n) is 3.25. The quantitative estimate of drug-likeness (QED) is 0.850. The number of hydrogen-bond donors (Lipinski definition) is 1. The lowest BCUT2D eigenvalue weighted by atomic mass is 9.87. The SMILES string of the molecule is Cc1ccc2oc(C(=O)OCC(=O)NC3CCC(C)CC3)cc(=O)c2c1. The molecule has 0 atom stereocenters. The summed E-state index contributed by atoms with van der Waals surface area (Å²) in [5.74, 6) is -0.667. The van der Waals surface area contributed by atoms with Crippen molar-refractivity contribution in [3.8, 4) is 0 Å². The molecule has 1 aromatic heterocycles. The number of amides is 1. The number of ether oxygens (including phenoxy) is 1. The highest BCUT2D eigenvalue weighted by Gasteiger charge is 2.21. The minimum absolute atomic E-state index is 0.138. The molecule has 0 unspecified atom stereocenters. The molecule has 6 nitrogen and oxygen atoms in total. The number of rotatable bonds is 4. The molecule has 6 heteroatoms. The summed E-state index contributed by atoms with van der Waals surface area (Å²) in [6, 6.07) is 6.37. The molecular formula is C20H23NO5. The van der Waals surface area contributed by atoms with E-state index in [0.717, 1.165) is 37.3 Å². The fourth-order valence-corrected chi connectivity index (χ4v) is 3.25. The highest BCUT2D eigenvalue weighted by Crippen LogP contribution is 2.23. The van der Waals surface area contributed by atoms with Crippen LogP contribution >= 0.6 is 0 Å². The maximum absolute atomic E-state index is 12.1. The Morgan fingerprint density at radius 2 is 1.92 bits per heavy atom. The molecule has 1 aliphatic rings. The zero-order chi connectivity index (χ0) is 18.7. The summed E-state index contributed by atoms with van der Waals surface area (Å²) >= 11 is 0.